The molecular formula is C11H11Cl2N5O. The van der Waals surface area contributed by atoms with Crippen molar-refractivity contribution in [3.8, 4) is 6.01 Å². The Morgan fingerprint density at radius 1 is 1.05 bits per heavy atom. The summed E-state index contributed by atoms with van der Waals surface area (Å²) in [5, 5.41) is 6.74. The maximum atomic E-state index is 5.94. The van der Waals surface area contributed by atoms with Crippen molar-refractivity contribution < 1.29 is 4.74 Å². The van der Waals surface area contributed by atoms with Crippen molar-refractivity contribution in [2.45, 2.75) is 0 Å². The zero-order chi connectivity index (χ0) is 13.8. The van der Waals surface area contributed by atoms with Gasteiger partial charge in [-0.15, -0.1) is 0 Å². The highest BCUT2D eigenvalue weighted by Crippen LogP contribution is 2.26. The maximum Gasteiger partial charge on any atom is 0.322 e. The quantitative estimate of drug-likeness (QED) is 0.904. The number of hydrogen-bond acceptors (Lipinski definition) is 6. The molecule has 2 rings (SSSR count). The first-order valence-electron chi connectivity index (χ1n) is 5.32. The van der Waals surface area contributed by atoms with E-state index in [9.17, 15) is 0 Å². The van der Waals surface area contributed by atoms with Crippen LogP contribution in [0.5, 0.6) is 6.01 Å². The number of methoxy groups -OCH3 is 1. The van der Waals surface area contributed by atoms with Crippen LogP contribution in [0.1, 0.15) is 0 Å². The molecule has 0 atom stereocenters. The van der Waals surface area contributed by atoms with Gasteiger partial charge >= 0.3 is 6.01 Å². The van der Waals surface area contributed by atoms with Crippen LogP contribution in [0.2, 0.25) is 10.0 Å². The van der Waals surface area contributed by atoms with Crippen molar-refractivity contribution in [3.63, 3.8) is 0 Å². The largest absolute Gasteiger partial charge is 0.467 e. The lowest BCUT2D eigenvalue weighted by Crippen LogP contribution is -2.05. The second-order valence-electron chi connectivity index (χ2n) is 3.47. The summed E-state index contributed by atoms with van der Waals surface area (Å²) in [6, 6.07) is 5.34. The number of ether oxygens (including phenoxy) is 1. The van der Waals surface area contributed by atoms with Crippen LogP contribution in [0, 0.1) is 0 Å². The topological polar surface area (TPSA) is 72.0 Å². The molecule has 0 amide bonds. The van der Waals surface area contributed by atoms with E-state index in [1.54, 1.807) is 25.2 Å². The molecule has 1 heterocycles. The van der Waals surface area contributed by atoms with Gasteiger partial charge in [-0.3, -0.25) is 0 Å². The Labute approximate surface area is 120 Å². The summed E-state index contributed by atoms with van der Waals surface area (Å²) >= 11 is 11.8. The molecule has 1 aromatic carbocycles. The first kappa shape index (κ1) is 13.6. The van der Waals surface area contributed by atoms with Gasteiger partial charge in [0, 0.05) is 12.7 Å². The molecule has 0 bridgehead atoms. The van der Waals surface area contributed by atoms with E-state index in [0.717, 1.165) is 0 Å². The fourth-order valence-corrected chi connectivity index (χ4v) is 1.62. The van der Waals surface area contributed by atoms with Gasteiger partial charge in [-0.25, -0.2) is 0 Å². The van der Waals surface area contributed by atoms with E-state index in [-0.39, 0.29) is 6.01 Å². The fourth-order valence-electron chi connectivity index (χ4n) is 1.32. The molecule has 0 unspecified atom stereocenters. The molecule has 0 saturated heterocycles. The van der Waals surface area contributed by atoms with Gasteiger partial charge in [-0.1, -0.05) is 23.2 Å². The van der Waals surface area contributed by atoms with Crippen LogP contribution in [0.3, 0.4) is 0 Å². The number of nitrogens with one attached hydrogen (secondary N) is 2. The van der Waals surface area contributed by atoms with Gasteiger partial charge in [-0.05, 0) is 18.2 Å². The number of benzene rings is 1. The lowest BCUT2D eigenvalue weighted by molar-refractivity contribution is 0.379. The second kappa shape index (κ2) is 5.90. The lowest BCUT2D eigenvalue weighted by atomic mass is 10.3. The Bertz CT molecular complexity index is 571. The number of aromatic nitrogens is 3. The average molecular weight is 300 g/mol. The Hall–Kier alpha value is -1.79. The summed E-state index contributed by atoms with van der Waals surface area (Å²) in [6.07, 6.45) is 0. The summed E-state index contributed by atoms with van der Waals surface area (Å²) < 4.78 is 4.99. The van der Waals surface area contributed by atoms with Gasteiger partial charge in [-0.2, -0.15) is 15.0 Å². The van der Waals surface area contributed by atoms with Gasteiger partial charge in [0.1, 0.15) is 0 Å². The molecule has 0 radical (unpaired) electrons. The van der Waals surface area contributed by atoms with Gasteiger partial charge in [0.2, 0.25) is 11.9 Å². The Morgan fingerprint density at radius 3 is 2.42 bits per heavy atom. The first-order chi connectivity index (χ1) is 9.12. The minimum Gasteiger partial charge on any atom is -0.467 e. The predicted octanol–water partition coefficient (Wildman–Crippen LogP) is 2.97. The lowest BCUT2D eigenvalue weighted by Gasteiger charge is -2.08. The third-order valence-corrected chi connectivity index (χ3v) is 2.94. The van der Waals surface area contributed by atoms with Crippen molar-refractivity contribution in [2.24, 2.45) is 0 Å². The zero-order valence-corrected chi connectivity index (χ0v) is 11.7. The van der Waals surface area contributed by atoms with Crippen LogP contribution >= 0.6 is 23.2 Å². The molecule has 6 nitrogen and oxygen atoms in total. The molecular weight excluding hydrogens is 289 g/mol. The van der Waals surface area contributed by atoms with Crippen LogP contribution in [-0.4, -0.2) is 29.1 Å². The monoisotopic (exact) mass is 299 g/mol. The summed E-state index contributed by atoms with van der Waals surface area (Å²) in [5.74, 6) is 0.740. The molecule has 0 fully saturated rings. The summed E-state index contributed by atoms with van der Waals surface area (Å²) in [5.41, 5.74) is 0.713. The molecule has 2 aromatic rings. The molecule has 0 aliphatic carbocycles. The molecule has 0 spiro atoms. The average Bonchev–Trinajstić information content (AvgIpc) is 2.42. The van der Waals surface area contributed by atoms with E-state index >= 15 is 0 Å². The Morgan fingerprint density at radius 2 is 1.79 bits per heavy atom. The van der Waals surface area contributed by atoms with E-state index in [2.05, 4.69) is 25.6 Å². The standard InChI is InChI=1S/C11H11Cl2N5O/c1-14-9-16-10(18-11(17-9)19-2)15-6-3-4-7(12)8(13)5-6/h3-5H,1-2H3,(H2,14,15,16,17,18). The van der Waals surface area contributed by atoms with Crippen LogP contribution in [-0.2, 0) is 0 Å². The minimum atomic E-state index is 0.210. The highest BCUT2D eigenvalue weighted by Gasteiger charge is 2.07. The van der Waals surface area contributed by atoms with Crippen molar-refractivity contribution in [3.05, 3.63) is 28.2 Å². The Balaban J connectivity index is 2.29. The van der Waals surface area contributed by atoms with Crippen molar-refractivity contribution in [2.75, 3.05) is 24.8 Å². The number of hydrogen-bond donors (Lipinski definition) is 2. The van der Waals surface area contributed by atoms with Crippen LogP contribution in [0.25, 0.3) is 0 Å². The summed E-state index contributed by atoms with van der Waals surface area (Å²) in [7, 11) is 3.19. The van der Waals surface area contributed by atoms with Crippen molar-refractivity contribution >= 4 is 40.8 Å². The van der Waals surface area contributed by atoms with E-state index in [4.69, 9.17) is 27.9 Å². The van der Waals surface area contributed by atoms with E-state index < -0.39 is 0 Å². The second-order valence-corrected chi connectivity index (χ2v) is 4.29. The first-order valence-corrected chi connectivity index (χ1v) is 6.08. The van der Waals surface area contributed by atoms with E-state index in [1.807, 2.05) is 0 Å². The molecule has 0 aliphatic heterocycles. The van der Waals surface area contributed by atoms with Crippen molar-refractivity contribution in [1.29, 1.82) is 0 Å². The third kappa shape index (κ3) is 3.36. The molecule has 8 heteroatoms. The molecule has 1 aromatic heterocycles. The highest BCUT2D eigenvalue weighted by molar-refractivity contribution is 6.42. The van der Waals surface area contributed by atoms with Crippen LogP contribution < -0.4 is 15.4 Å². The molecule has 19 heavy (non-hydrogen) atoms. The molecule has 0 aliphatic rings. The number of rotatable bonds is 4. The normalized spacial score (nSPS) is 10.1. The number of anilines is 3. The van der Waals surface area contributed by atoms with Crippen LogP contribution in [0.15, 0.2) is 18.2 Å². The van der Waals surface area contributed by atoms with Crippen molar-refractivity contribution in [1.82, 2.24) is 15.0 Å². The summed E-state index contributed by atoms with van der Waals surface area (Å²) in [4.78, 5) is 12.2. The van der Waals surface area contributed by atoms with Gasteiger partial charge in [0.25, 0.3) is 0 Å². The third-order valence-electron chi connectivity index (χ3n) is 2.20. The van der Waals surface area contributed by atoms with E-state index in [0.29, 0.717) is 27.6 Å². The number of nitrogens with zero attached hydrogens (tertiary/aromatic N) is 3. The fraction of sp³-hybridized carbons (Fsp3) is 0.182. The van der Waals surface area contributed by atoms with Gasteiger partial charge in [0.05, 0.1) is 17.2 Å². The molecule has 0 saturated carbocycles. The molecule has 100 valence electrons. The zero-order valence-electron chi connectivity index (χ0n) is 10.2. The van der Waals surface area contributed by atoms with Crippen LogP contribution in [0.4, 0.5) is 17.6 Å². The van der Waals surface area contributed by atoms with E-state index in [1.165, 1.54) is 7.11 Å². The smallest absolute Gasteiger partial charge is 0.322 e. The Kier molecular flexibility index (Phi) is 4.24. The highest BCUT2D eigenvalue weighted by atomic mass is 35.5. The number of halogens is 2. The van der Waals surface area contributed by atoms with Gasteiger partial charge < -0.3 is 15.4 Å². The maximum absolute atomic E-state index is 5.94. The van der Waals surface area contributed by atoms with Gasteiger partial charge in [0.15, 0.2) is 0 Å². The predicted molar refractivity (Wildman–Crippen MR) is 75.7 cm³/mol. The SMILES string of the molecule is CNc1nc(Nc2ccc(Cl)c(Cl)c2)nc(OC)n1. The molecule has 2 N–H and O–H groups in total. The minimum absolute atomic E-state index is 0.210. The summed E-state index contributed by atoms with van der Waals surface area (Å²) in [6.45, 7) is 0.